The van der Waals surface area contributed by atoms with Crippen LogP contribution in [-0.4, -0.2) is 6.61 Å². The van der Waals surface area contributed by atoms with E-state index in [0.717, 1.165) is 29.2 Å². The first-order chi connectivity index (χ1) is 8.04. The molecule has 0 spiro atoms. The predicted molar refractivity (Wildman–Crippen MR) is 82.1 cm³/mol. The molecule has 1 nitrogen and oxygen atoms in total. The molecule has 0 aromatic heterocycles. The van der Waals surface area contributed by atoms with Crippen LogP contribution in [0.2, 0.25) is 0 Å². The van der Waals surface area contributed by atoms with Crippen LogP contribution in [0.5, 0.6) is 5.75 Å². The molecule has 0 aliphatic heterocycles. The molecule has 0 saturated carbocycles. The van der Waals surface area contributed by atoms with Gasteiger partial charge in [0.1, 0.15) is 5.75 Å². The largest absolute Gasteiger partial charge is 0.493 e. The highest BCUT2D eigenvalue weighted by Gasteiger charge is 2.06. The summed E-state index contributed by atoms with van der Waals surface area (Å²) in [6.07, 6.45) is 1.06. The highest BCUT2D eigenvalue weighted by atomic mass is 32.1. The van der Waals surface area contributed by atoms with Gasteiger partial charge >= 0.3 is 0 Å². The maximum absolute atomic E-state index is 5.80. The molecule has 1 aromatic carbocycles. The van der Waals surface area contributed by atoms with Crippen LogP contribution in [0.15, 0.2) is 23.6 Å². The van der Waals surface area contributed by atoms with Crippen LogP contribution in [0.4, 0.5) is 0 Å². The molecule has 0 saturated heterocycles. The van der Waals surface area contributed by atoms with Crippen molar-refractivity contribution >= 4 is 30.2 Å². The van der Waals surface area contributed by atoms with Crippen LogP contribution in [0.1, 0.15) is 31.4 Å². The van der Waals surface area contributed by atoms with E-state index in [-0.39, 0.29) is 0 Å². The normalized spacial score (nSPS) is 12.0. The zero-order valence-corrected chi connectivity index (χ0v) is 12.4. The molecule has 0 fully saturated rings. The van der Waals surface area contributed by atoms with E-state index in [4.69, 9.17) is 4.74 Å². The second-order valence-electron chi connectivity index (χ2n) is 4.54. The van der Waals surface area contributed by atoms with Gasteiger partial charge in [0.15, 0.2) is 0 Å². The Labute approximate surface area is 115 Å². The van der Waals surface area contributed by atoms with Crippen LogP contribution >= 0.6 is 25.3 Å². The first-order valence-electron chi connectivity index (χ1n) is 5.81. The Morgan fingerprint density at radius 2 is 2.12 bits per heavy atom. The maximum Gasteiger partial charge on any atom is 0.127 e. The minimum Gasteiger partial charge on any atom is -0.493 e. The Morgan fingerprint density at radius 1 is 1.41 bits per heavy atom. The molecule has 0 unspecified atom stereocenters. The van der Waals surface area contributed by atoms with E-state index in [2.05, 4.69) is 52.1 Å². The van der Waals surface area contributed by atoms with E-state index in [1.807, 2.05) is 12.1 Å². The van der Waals surface area contributed by atoms with Crippen molar-refractivity contribution in [3.63, 3.8) is 0 Å². The molecule has 94 valence electrons. The third-order valence-corrected chi connectivity index (χ3v) is 3.32. The van der Waals surface area contributed by atoms with Crippen molar-refractivity contribution in [1.82, 2.24) is 0 Å². The van der Waals surface area contributed by atoms with Crippen molar-refractivity contribution in [2.75, 3.05) is 6.61 Å². The molecule has 0 amide bonds. The summed E-state index contributed by atoms with van der Waals surface area (Å²) in [4.78, 5) is 0.830. The van der Waals surface area contributed by atoms with E-state index >= 15 is 0 Å². The van der Waals surface area contributed by atoms with Crippen LogP contribution in [0, 0.1) is 12.8 Å². The van der Waals surface area contributed by atoms with Crippen LogP contribution in [0.3, 0.4) is 0 Å². The summed E-state index contributed by atoms with van der Waals surface area (Å²) in [6.45, 7) is 7.18. The molecular formula is C14H20OS2. The summed E-state index contributed by atoms with van der Waals surface area (Å²) in [7, 11) is 0. The van der Waals surface area contributed by atoms with Crippen LogP contribution < -0.4 is 4.74 Å². The number of thiol groups is 2. The van der Waals surface area contributed by atoms with E-state index in [0.29, 0.717) is 5.92 Å². The molecule has 0 heterocycles. The molecule has 0 N–H and O–H groups in total. The lowest BCUT2D eigenvalue weighted by molar-refractivity contribution is 0.289. The fraction of sp³-hybridized carbons (Fsp3) is 0.429. The fourth-order valence-corrected chi connectivity index (χ4v) is 1.76. The Balaban J connectivity index is 2.83. The third-order valence-electron chi connectivity index (χ3n) is 2.49. The van der Waals surface area contributed by atoms with Crippen molar-refractivity contribution in [3.05, 3.63) is 34.7 Å². The summed E-state index contributed by atoms with van der Waals surface area (Å²) in [5.74, 6) is 1.53. The van der Waals surface area contributed by atoms with Gasteiger partial charge in [-0.2, -0.15) is 12.6 Å². The Bertz CT molecular complexity index is 397. The SMILES string of the molecule is Cc1ccc(OCCC(C)C)c(/C(S)=C/S)c1. The zero-order chi connectivity index (χ0) is 12.8. The summed E-state index contributed by atoms with van der Waals surface area (Å²) in [6, 6.07) is 6.12. The Hall–Kier alpha value is -0.540. The lowest BCUT2D eigenvalue weighted by Crippen LogP contribution is -2.03. The van der Waals surface area contributed by atoms with Crippen molar-refractivity contribution < 1.29 is 4.74 Å². The Kier molecular flexibility index (Phi) is 6.00. The highest BCUT2D eigenvalue weighted by molar-refractivity contribution is 7.92. The van der Waals surface area contributed by atoms with Crippen molar-refractivity contribution in [1.29, 1.82) is 0 Å². The predicted octanol–water partition coefficient (Wildman–Crippen LogP) is 4.58. The van der Waals surface area contributed by atoms with Crippen molar-refractivity contribution in [2.45, 2.75) is 27.2 Å². The summed E-state index contributed by atoms with van der Waals surface area (Å²) in [5.41, 5.74) is 2.20. The number of benzene rings is 1. The third kappa shape index (κ3) is 4.68. The first kappa shape index (κ1) is 14.5. The minimum absolute atomic E-state index is 0.653. The monoisotopic (exact) mass is 268 g/mol. The van der Waals surface area contributed by atoms with Crippen LogP contribution in [0.25, 0.3) is 4.91 Å². The lowest BCUT2D eigenvalue weighted by Gasteiger charge is -2.13. The van der Waals surface area contributed by atoms with Gasteiger partial charge in [-0.15, -0.1) is 12.6 Å². The van der Waals surface area contributed by atoms with Gasteiger partial charge in [0.05, 0.1) is 6.61 Å². The summed E-state index contributed by atoms with van der Waals surface area (Å²) in [5, 5.41) is 1.69. The molecule has 17 heavy (non-hydrogen) atoms. The zero-order valence-electron chi connectivity index (χ0n) is 10.6. The number of ether oxygens (including phenoxy) is 1. The number of rotatable bonds is 5. The van der Waals surface area contributed by atoms with Gasteiger partial charge in [0.25, 0.3) is 0 Å². The Morgan fingerprint density at radius 3 is 2.71 bits per heavy atom. The minimum atomic E-state index is 0.653. The first-order valence-corrected chi connectivity index (χ1v) is 6.78. The molecule has 0 aliphatic carbocycles. The van der Waals surface area contributed by atoms with Gasteiger partial charge in [-0.05, 0) is 36.8 Å². The lowest BCUT2D eigenvalue weighted by atomic mass is 10.1. The molecule has 0 radical (unpaired) electrons. The topological polar surface area (TPSA) is 9.23 Å². The van der Waals surface area contributed by atoms with E-state index in [1.54, 1.807) is 5.41 Å². The second kappa shape index (κ2) is 7.02. The molecule has 1 aromatic rings. The molecule has 3 heteroatoms. The molecular weight excluding hydrogens is 248 g/mol. The van der Waals surface area contributed by atoms with E-state index in [9.17, 15) is 0 Å². The van der Waals surface area contributed by atoms with Crippen LogP contribution in [-0.2, 0) is 0 Å². The van der Waals surface area contributed by atoms with Crippen molar-refractivity contribution in [3.8, 4) is 5.75 Å². The fourth-order valence-electron chi connectivity index (χ4n) is 1.44. The molecule has 1 rings (SSSR count). The standard InChI is InChI=1S/C14H20OS2/c1-10(2)6-7-15-13-5-4-11(3)8-12(13)14(17)9-16/h4-5,8-10,16-17H,6-7H2,1-3H3/b14-9-. The van der Waals surface area contributed by atoms with Crippen molar-refractivity contribution in [2.24, 2.45) is 5.92 Å². The van der Waals surface area contributed by atoms with Gasteiger partial charge in [-0.25, -0.2) is 0 Å². The van der Waals surface area contributed by atoms with Gasteiger partial charge in [-0.1, -0.05) is 25.5 Å². The second-order valence-corrected chi connectivity index (χ2v) is 5.28. The van der Waals surface area contributed by atoms with Gasteiger partial charge in [-0.3, -0.25) is 0 Å². The molecule has 0 aliphatic rings. The molecule has 0 atom stereocenters. The highest BCUT2D eigenvalue weighted by Crippen LogP contribution is 2.30. The number of aryl methyl sites for hydroxylation is 1. The smallest absolute Gasteiger partial charge is 0.127 e. The van der Waals surface area contributed by atoms with Gasteiger partial charge < -0.3 is 4.74 Å². The summed E-state index contributed by atoms with van der Waals surface area (Å²) >= 11 is 8.54. The summed E-state index contributed by atoms with van der Waals surface area (Å²) < 4.78 is 5.80. The molecule has 0 bridgehead atoms. The average Bonchev–Trinajstić information content (AvgIpc) is 2.29. The van der Waals surface area contributed by atoms with E-state index in [1.165, 1.54) is 5.56 Å². The maximum atomic E-state index is 5.80. The van der Waals surface area contributed by atoms with Gasteiger partial charge in [0.2, 0.25) is 0 Å². The van der Waals surface area contributed by atoms with E-state index < -0.39 is 0 Å². The number of hydrogen-bond donors (Lipinski definition) is 2. The average molecular weight is 268 g/mol. The number of hydrogen-bond acceptors (Lipinski definition) is 3. The van der Waals surface area contributed by atoms with Gasteiger partial charge in [0, 0.05) is 10.5 Å². The quantitative estimate of drug-likeness (QED) is 0.743.